The lowest BCUT2D eigenvalue weighted by Crippen LogP contribution is -2.31. The van der Waals surface area contributed by atoms with Crippen molar-refractivity contribution < 1.29 is 4.79 Å². The first kappa shape index (κ1) is 9.92. The molecule has 70 valence electrons. The van der Waals surface area contributed by atoms with Crippen molar-refractivity contribution in [2.45, 2.75) is 6.92 Å². The zero-order valence-corrected chi connectivity index (χ0v) is 8.38. The standard InChI is InChI=1S/C9H12N2OS/c1-3-5-11(4-2)9(12)8-6-13-7-10-8/h3,6-7H,1,4-5H2,2H3. The minimum absolute atomic E-state index is 0.0244. The Hall–Kier alpha value is -1.16. The first-order valence-corrected chi connectivity index (χ1v) is 5.02. The summed E-state index contributed by atoms with van der Waals surface area (Å²) >= 11 is 1.43. The molecule has 0 spiro atoms. The molecule has 1 rings (SSSR count). The number of aromatic nitrogens is 1. The number of thiazole rings is 1. The topological polar surface area (TPSA) is 33.2 Å². The smallest absolute Gasteiger partial charge is 0.273 e. The second-order valence-electron chi connectivity index (χ2n) is 2.51. The fourth-order valence-electron chi connectivity index (χ4n) is 0.992. The Morgan fingerprint density at radius 1 is 1.85 bits per heavy atom. The van der Waals surface area contributed by atoms with E-state index >= 15 is 0 Å². The van der Waals surface area contributed by atoms with Crippen LogP contribution in [0.4, 0.5) is 0 Å². The maximum Gasteiger partial charge on any atom is 0.273 e. The van der Waals surface area contributed by atoms with Crippen molar-refractivity contribution in [2.24, 2.45) is 0 Å². The van der Waals surface area contributed by atoms with E-state index < -0.39 is 0 Å². The first-order chi connectivity index (χ1) is 6.29. The number of nitrogens with zero attached hydrogens (tertiary/aromatic N) is 2. The SMILES string of the molecule is C=CCN(CC)C(=O)c1cscn1. The Bertz CT molecular complexity index is 282. The van der Waals surface area contributed by atoms with Crippen LogP contribution in [0.1, 0.15) is 17.4 Å². The van der Waals surface area contributed by atoms with E-state index in [0.29, 0.717) is 18.8 Å². The van der Waals surface area contributed by atoms with Gasteiger partial charge in [0.2, 0.25) is 0 Å². The molecule has 1 amide bonds. The number of amides is 1. The molecule has 0 aliphatic heterocycles. The van der Waals surface area contributed by atoms with Crippen molar-refractivity contribution in [3.05, 3.63) is 29.2 Å². The number of hydrogen-bond donors (Lipinski definition) is 0. The van der Waals surface area contributed by atoms with Gasteiger partial charge in [0.05, 0.1) is 5.51 Å². The molecule has 0 saturated carbocycles. The lowest BCUT2D eigenvalue weighted by molar-refractivity contribution is 0.0777. The molecule has 1 heterocycles. The molecule has 0 fully saturated rings. The quantitative estimate of drug-likeness (QED) is 0.688. The molecule has 0 aliphatic carbocycles. The van der Waals surface area contributed by atoms with Gasteiger partial charge in [-0.3, -0.25) is 4.79 Å². The average Bonchev–Trinajstić information content (AvgIpc) is 2.65. The fourth-order valence-corrected chi connectivity index (χ4v) is 1.52. The molecule has 0 radical (unpaired) electrons. The third-order valence-corrected chi connectivity index (χ3v) is 2.26. The summed E-state index contributed by atoms with van der Waals surface area (Å²) in [4.78, 5) is 17.3. The Morgan fingerprint density at radius 3 is 3.08 bits per heavy atom. The summed E-state index contributed by atoms with van der Waals surface area (Å²) in [6.45, 7) is 6.80. The first-order valence-electron chi connectivity index (χ1n) is 4.08. The number of hydrogen-bond acceptors (Lipinski definition) is 3. The highest BCUT2D eigenvalue weighted by Crippen LogP contribution is 2.05. The molecule has 1 aromatic rings. The van der Waals surface area contributed by atoms with Gasteiger partial charge in [-0.25, -0.2) is 4.98 Å². The van der Waals surface area contributed by atoms with Gasteiger partial charge in [0.1, 0.15) is 5.69 Å². The van der Waals surface area contributed by atoms with Gasteiger partial charge in [0.15, 0.2) is 0 Å². The van der Waals surface area contributed by atoms with Crippen LogP contribution in [0, 0.1) is 0 Å². The largest absolute Gasteiger partial charge is 0.334 e. The molecule has 4 heteroatoms. The molecule has 0 aromatic carbocycles. The lowest BCUT2D eigenvalue weighted by Gasteiger charge is -2.17. The van der Waals surface area contributed by atoms with Crippen LogP contribution in [0.25, 0.3) is 0 Å². The minimum Gasteiger partial charge on any atom is -0.334 e. The highest BCUT2D eigenvalue weighted by atomic mass is 32.1. The molecule has 1 aromatic heterocycles. The van der Waals surface area contributed by atoms with E-state index in [1.165, 1.54) is 11.3 Å². The molecule has 0 unspecified atom stereocenters. The Balaban J connectivity index is 2.70. The molecule has 0 aliphatic rings. The summed E-state index contributed by atoms with van der Waals surface area (Å²) in [7, 11) is 0. The van der Waals surface area contributed by atoms with Crippen LogP contribution < -0.4 is 0 Å². The minimum atomic E-state index is -0.0244. The maximum absolute atomic E-state index is 11.6. The van der Waals surface area contributed by atoms with Crippen LogP contribution >= 0.6 is 11.3 Å². The van der Waals surface area contributed by atoms with E-state index in [9.17, 15) is 4.79 Å². The summed E-state index contributed by atoms with van der Waals surface area (Å²) < 4.78 is 0. The summed E-state index contributed by atoms with van der Waals surface area (Å²) in [5.74, 6) is -0.0244. The van der Waals surface area contributed by atoms with Crippen molar-refractivity contribution >= 4 is 17.2 Å². The van der Waals surface area contributed by atoms with Crippen LogP contribution in [0.5, 0.6) is 0 Å². The van der Waals surface area contributed by atoms with Gasteiger partial charge in [-0.2, -0.15) is 0 Å². The monoisotopic (exact) mass is 196 g/mol. The average molecular weight is 196 g/mol. The summed E-state index contributed by atoms with van der Waals surface area (Å²) in [6.07, 6.45) is 1.72. The van der Waals surface area contributed by atoms with Gasteiger partial charge in [-0.1, -0.05) is 6.08 Å². The van der Waals surface area contributed by atoms with Crippen molar-refractivity contribution in [3.8, 4) is 0 Å². The zero-order valence-electron chi connectivity index (χ0n) is 7.56. The summed E-state index contributed by atoms with van der Waals surface area (Å²) in [5.41, 5.74) is 2.18. The highest BCUT2D eigenvalue weighted by molar-refractivity contribution is 7.07. The lowest BCUT2D eigenvalue weighted by atomic mass is 10.4. The van der Waals surface area contributed by atoms with Crippen LogP contribution in [-0.2, 0) is 0 Å². The van der Waals surface area contributed by atoms with Crippen LogP contribution in [0.15, 0.2) is 23.5 Å². The van der Waals surface area contributed by atoms with Crippen molar-refractivity contribution in [2.75, 3.05) is 13.1 Å². The highest BCUT2D eigenvalue weighted by Gasteiger charge is 2.13. The predicted molar refractivity (Wildman–Crippen MR) is 53.9 cm³/mol. The number of carbonyl (C=O) groups excluding carboxylic acids is 1. The van der Waals surface area contributed by atoms with E-state index in [-0.39, 0.29) is 5.91 Å². The Labute approximate surface area is 81.7 Å². The number of likely N-dealkylation sites (N-methyl/N-ethyl adjacent to an activating group) is 1. The third kappa shape index (κ3) is 2.39. The van der Waals surface area contributed by atoms with E-state index in [1.54, 1.807) is 21.9 Å². The van der Waals surface area contributed by atoms with Gasteiger partial charge in [0, 0.05) is 18.5 Å². The van der Waals surface area contributed by atoms with E-state index in [4.69, 9.17) is 0 Å². The molecule has 0 saturated heterocycles. The fraction of sp³-hybridized carbons (Fsp3) is 0.333. The number of rotatable bonds is 4. The van der Waals surface area contributed by atoms with Crippen LogP contribution in [0.2, 0.25) is 0 Å². The van der Waals surface area contributed by atoms with Gasteiger partial charge in [0.25, 0.3) is 5.91 Å². The summed E-state index contributed by atoms with van der Waals surface area (Å²) in [5, 5.41) is 1.76. The van der Waals surface area contributed by atoms with Crippen LogP contribution in [-0.4, -0.2) is 28.9 Å². The van der Waals surface area contributed by atoms with Crippen molar-refractivity contribution in [1.82, 2.24) is 9.88 Å². The maximum atomic E-state index is 11.6. The van der Waals surface area contributed by atoms with Gasteiger partial charge >= 0.3 is 0 Å². The second kappa shape index (κ2) is 4.77. The van der Waals surface area contributed by atoms with E-state index in [2.05, 4.69) is 11.6 Å². The van der Waals surface area contributed by atoms with Crippen molar-refractivity contribution in [1.29, 1.82) is 0 Å². The normalized spacial score (nSPS) is 9.62. The van der Waals surface area contributed by atoms with Crippen LogP contribution in [0.3, 0.4) is 0 Å². The van der Waals surface area contributed by atoms with E-state index in [0.717, 1.165) is 0 Å². The molecule has 0 atom stereocenters. The van der Waals surface area contributed by atoms with Crippen molar-refractivity contribution in [3.63, 3.8) is 0 Å². The third-order valence-electron chi connectivity index (χ3n) is 1.67. The number of carbonyl (C=O) groups is 1. The second-order valence-corrected chi connectivity index (χ2v) is 3.22. The predicted octanol–water partition coefficient (Wildman–Crippen LogP) is 1.79. The molecule has 0 N–H and O–H groups in total. The molecule has 13 heavy (non-hydrogen) atoms. The van der Waals surface area contributed by atoms with Gasteiger partial charge in [-0.05, 0) is 6.92 Å². The molecule has 3 nitrogen and oxygen atoms in total. The summed E-state index contributed by atoms with van der Waals surface area (Å²) in [6, 6.07) is 0. The molecular weight excluding hydrogens is 184 g/mol. The van der Waals surface area contributed by atoms with Gasteiger partial charge < -0.3 is 4.90 Å². The zero-order chi connectivity index (χ0) is 9.68. The Kier molecular flexibility index (Phi) is 3.64. The Morgan fingerprint density at radius 2 is 2.62 bits per heavy atom. The molecular formula is C9H12N2OS. The molecule has 0 bridgehead atoms. The van der Waals surface area contributed by atoms with E-state index in [1.807, 2.05) is 6.92 Å². The van der Waals surface area contributed by atoms with Gasteiger partial charge in [-0.15, -0.1) is 17.9 Å².